The normalized spacial score (nSPS) is 17.1. The Labute approximate surface area is 142 Å². The maximum atomic E-state index is 9.53. The summed E-state index contributed by atoms with van der Waals surface area (Å²) in [7, 11) is 0.916. The minimum absolute atomic E-state index is 0.0933. The summed E-state index contributed by atoms with van der Waals surface area (Å²) in [4.78, 5) is 9.00. The molecule has 1 saturated heterocycles. The zero-order valence-corrected chi connectivity index (χ0v) is 13.9. The lowest BCUT2D eigenvalue weighted by Gasteiger charge is -2.12. The first kappa shape index (κ1) is 16.7. The number of hydrogen-bond donors (Lipinski definition) is 1. The third-order valence-electron chi connectivity index (χ3n) is 3.95. The lowest BCUT2D eigenvalue weighted by atomic mass is 9.81. The van der Waals surface area contributed by atoms with E-state index in [-0.39, 0.29) is 5.92 Å². The Morgan fingerprint density at radius 1 is 1.33 bits per heavy atom. The van der Waals surface area contributed by atoms with E-state index in [1.807, 2.05) is 24.3 Å². The molecule has 1 aromatic heterocycles. The topological polar surface area (TPSA) is 73.7 Å². The first-order chi connectivity index (χ1) is 11.7. The zero-order valence-electron chi connectivity index (χ0n) is 13.9. The molecule has 1 aliphatic rings. The van der Waals surface area contributed by atoms with Gasteiger partial charge in [-0.2, -0.15) is 0 Å². The Kier molecular flexibility index (Phi) is 5.32. The molecule has 0 spiro atoms. The number of aromatic nitrogens is 2. The molecule has 1 fully saturated rings. The summed E-state index contributed by atoms with van der Waals surface area (Å²) < 4.78 is 16.3. The Hall–Kier alpha value is -2.12. The van der Waals surface area contributed by atoms with Gasteiger partial charge in [0.2, 0.25) is 0 Å². The van der Waals surface area contributed by atoms with E-state index in [1.54, 1.807) is 13.3 Å². The standard InChI is InChI=1S/C17H21BN2O4/c1-3-8-23-16-9-12(4-5-15(16)22-2)17-19-7-6-14(20-17)13-10-18(21)24-11-13/h4-7,9,13,21H,3,8,10-11H2,1-2H3/t13-/m1/s1. The molecule has 0 saturated carbocycles. The van der Waals surface area contributed by atoms with Crippen molar-refractivity contribution in [3.63, 3.8) is 0 Å². The van der Waals surface area contributed by atoms with Crippen molar-refractivity contribution in [3.05, 3.63) is 36.2 Å². The van der Waals surface area contributed by atoms with Gasteiger partial charge < -0.3 is 19.2 Å². The molecule has 0 bridgehead atoms. The number of ether oxygens (including phenoxy) is 2. The van der Waals surface area contributed by atoms with Crippen LogP contribution in [0.2, 0.25) is 6.32 Å². The number of nitrogens with zero attached hydrogens (tertiary/aromatic N) is 2. The predicted molar refractivity (Wildman–Crippen MR) is 91.3 cm³/mol. The SMILES string of the molecule is CCCOc1cc(-c2nccc([C@H]3COB(O)C3)n2)ccc1OC. The lowest BCUT2D eigenvalue weighted by Crippen LogP contribution is -2.08. The lowest BCUT2D eigenvalue weighted by molar-refractivity contribution is 0.291. The molecule has 6 nitrogen and oxygen atoms in total. The molecule has 0 unspecified atom stereocenters. The van der Waals surface area contributed by atoms with Gasteiger partial charge in [0.05, 0.1) is 13.7 Å². The largest absolute Gasteiger partial charge is 0.493 e. The van der Waals surface area contributed by atoms with E-state index in [1.165, 1.54) is 0 Å². The third kappa shape index (κ3) is 3.68. The van der Waals surface area contributed by atoms with Gasteiger partial charge in [-0.05, 0) is 37.0 Å². The van der Waals surface area contributed by atoms with E-state index in [0.29, 0.717) is 36.9 Å². The van der Waals surface area contributed by atoms with Gasteiger partial charge >= 0.3 is 7.12 Å². The van der Waals surface area contributed by atoms with Gasteiger partial charge in [0.25, 0.3) is 0 Å². The summed E-state index contributed by atoms with van der Waals surface area (Å²) in [5.74, 6) is 2.09. The highest BCUT2D eigenvalue weighted by atomic mass is 16.5. The highest BCUT2D eigenvalue weighted by Gasteiger charge is 2.30. The van der Waals surface area contributed by atoms with Crippen LogP contribution < -0.4 is 9.47 Å². The molecule has 24 heavy (non-hydrogen) atoms. The second-order valence-corrected chi connectivity index (χ2v) is 5.74. The third-order valence-corrected chi connectivity index (χ3v) is 3.95. The van der Waals surface area contributed by atoms with Gasteiger partial charge in [0.1, 0.15) is 0 Å². The van der Waals surface area contributed by atoms with Crippen LogP contribution in [0.4, 0.5) is 0 Å². The first-order valence-corrected chi connectivity index (χ1v) is 8.15. The van der Waals surface area contributed by atoms with Crippen LogP contribution in [0, 0.1) is 0 Å². The quantitative estimate of drug-likeness (QED) is 0.822. The molecule has 2 aromatic rings. The van der Waals surface area contributed by atoms with Crippen LogP contribution in [0.1, 0.15) is 25.0 Å². The van der Waals surface area contributed by atoms with Gasteiger partial charge in [-0.3, -0.25) is 0 Å². The molecular weight excluding hydrogens is 307 g/mol. The summed E-state index contributed by atoms with van der Waals surface area (Å²) in [6.07, 6.45) is 3.21. The molecule has 7 heteroatoms. The summed E-state index contributed by atoms with van der Waals surface area (Å²) in [5.41, 5.74) is 1.74. The Morgan fingerprint density at radius 3 is 2.92 bits per heavy atom. The van der Waals surface area contributed by atoms with Gasteiger partial charge in [-0.25, -0.2) is 9.97 Å². The second kappa shape index (κ2) is 7.64. The van der Waals surface area contributed by atoms with Crippen molar-refractivity contribution in [1.29, 1.82) is 0 Å². The smallest absolute Gasteiger partial charge is 0.454 e. The number of benzene rings is 1. The molecule has 1 aromatic carbocycles. The van der Waals surface area contributed by atoms with E-state index in [2.05, 4.69) is 16.9 Å². The monoisotopic (exact) mass is 328 g/mol. The predicted octanol–water partition coefficient (Wildman–Crippen LogP) is 2.54. The Morgan fingerprint density at radius 2 is 2.21 bits per heavy atom. The molecule has 0 radical (unpaired) electrons. The molecule has 1 N–H and O–H groups in total. The molecule has 2 heterocycles. The van der Waals surface area contributed by atoms with E-state index < -0.39 is 7.12 Å². The van der Waals surface area contributed by atoms with E-state index in [0.717, 1.165) is 17.7 Å². The maximum Gasteiger partial charge on any atom is 0.454 e. The van der Waals surface area contributed by atoms with Gasteiger partial charge in [-0.1, -0.05) is 6.92 Å². The van der Waals surface area contributed by atoms with E-state index in [4.69, 9.17) is 14.1 Å². The fourth-order valence-corrected chi connectivity index (χ4v) is 2.69. The minimum Gasteiger partial charge on any atom is -0.493 e. The summed E-state index contributed by atoms with van der Waals surface area (Å²) in [6, 6.07) is 7.54. The van der Waals surface area contributed by atoms with Gasteiger partial charge in [0.15, 0.2) is 17.3 Å². The summed E-state index contributed by atoms with van der Waals surface area (Å²) >= 11 is 0. The van der Waals surface area contributed by atoms with Crippen LogP contribution in [0.25, 0.3) is 11.4 Å². The van der Waals surface area contributed by atoms with E-state index in [9.17, 15) is 5.02 Å². The summed E-state index contributed by atoms with van der Waals surface area (Å²) in [6.45, 7) is 3.16. The second-order valence-electron chi connectivity index (χ2n) is 5.74. The molecule has 1 aliphatic heterocycles. The van der Waals surface area contributed by atoms with Crippen LogP contribution in [0.15, 0.2) is 30.5 Å². The van der Waals surface area contributed by atoms with Gasteiger partial charge in [-0.15, -0.1) is 0 Å². The summed E-state index contributed by atoms with van der Waals surface area (Å²) in [5, 5.41) is 9.53. The minimum atomic E-state index is -0.705. The van der Waals surface area contributed by atoms with Gasteiger partial charge in [0, 0.05) is 30.0 Å². The molecule has 1 atom stereocenters. The van der Waals surface area contributed by atoms with Crippen LogP contribution in [0.3, 0.4) is 0 Å². The molecular formula is C17H21BN2O4. The first-order valence-electron chi connectivity index (χ1n) is 8.15. The maximum absolute atomic E-state index is 9.53. The number of hydrogen-bond acceptors (Lipinski definition) is 6. The molecule has 0 amide bonds. The van der Waals surface area contributed by atoms with Crippen molar-refractivity contribution in [2.75, 3.05) is 20.3 Å². The molecule has 0 aliphatic carbocycles. The molecule has 3 rings (SSSR count). The fraction of sp³-hybridized carbons (Fsp3) is 0.412. The van der Waals surface area contributed by atoms with Crippen LogP contribution >= 0.6 is 0 Å². The highest BCUT2D eigenvalue weighted by molar-refractivity contribution is 6.43. The average Bonchev–Trinajstić information content (AvgIpc) is 3.06. The van der Waals surface area contributed by atoms with Crippen molar-refractivity contribution >= 4 is 7.12 Å². The molecule has 126 valence electrons. The van der Waals surface area contributed by atoms with Crippen molar-refractivity contribution in [2.45, 2.75) is 25.6 Å². The van der Waals surface area contributed by atoms with Crippen LogP contribution in [0.5, 0.6) is 11.5 Å². The van der Waals surface area contributed by atoms with E-state index >= 15 is 0 Å². The van der Waals surface area contributed by atoms with Crippen LogP contribution in [-0.2, 0) is 4.65 Å². The van der Waals surface area contributed by atoms with Crippen molar-refractivity contribution in [1.82, 2.24) is 9.97 Å². The highest BCUT2D eigenvalue weighted by Crippen LogP contribution is 2.32. The number of rotatable bonds is 6. The fourth-order valence-electron chi connectivity index (χ4n) is 2.69. The zero-order chi connectivity index (χ0) is 16.9. The Bertz CT molecular complexity index is 698. The van der Waals surface area contributed by atoms with Crippen LogP contribution in [-0.4, -0.2) is 42.4 Å². The number of methoxy groups -OCH3 is 1. The Balaban J connectivity index is 1.88. The average molecular weight is 328 g/mol. The van der Waals surface area contributed by atoms with Crippen molar-refractivity contribution in [2.24, 2.45) is 0 Å². The van der Waals surface area contributed by atoms with Crippen molar-refractivity contribution in [3.8, 4) is 22.9 Å². The van der Waals surface area contributed by atoms with Crippen molar-refractivity contribution < 1.29 is 19.2 Å².